The quantitative estimate of drug-likeness (QED) is 0.600. The van der Waals surface area contributed by atoms with E-state index in [9.17, 15) is 4.79 Å². The first-order chi connectivity index (χ1) is 13.6. The second kappa shape index (κ2) is 9.20. The van der Waals surface area contributed by atoms with Crippen molar-refractivity contribution in [3.05, 3.63) is 83.9 Å². The Bertz CT molecular complexity index is 921. The van der Waals surface area contributed by atoms with Gasteiger partial charge in [-0.25, -0.2) is 0 Å². The molecule has 0 heterocycles. The highest BCUT2D eigenvalue weighted by molar-refractivity contribution is 5.94. The van der Waals surface area contributed by atoms with Gasteiger partial charge in [0.2, 0.25) is 5.91 Å². The molecule has 0 fully saturated rings. The number of ether oxygens (including phenoxy) is 1. The van der Waals surface area contributed by atoms with Crippen molar-refractivity contribution in [1.29, 1.82) is 0 Å². The number of anilines is 1. The predicted octanol–water partition coefficient (Wildman–Crippen LogP) is 5.17. The molecule has 0 aromatic heterocycles. The summed E-state index contributed by atoms with van der Waals surface area (Å²) in [4.78, 5) is 11.6. The van der Waals surface area contributed by atoms with Crippen molar-refractivity contribution in [3.8, 4) is 16.9 Å². The van der Waals surface area contributed by atoms with E-state index in [0.29, 0.717) is 0 Å². The summed E-state index contributed by atoms with van der Waals surface area (Å²) in [6, 6.07) is 24.6. The first kappa shape index (κ1) is 19.6. The standard InChI is InChI=1S/C24H26N2O2/c1-17(20-7-5-4-6-8-20)25-16-19-9-14-24(26-18(2)27)23(15-19)21-10-12-22(28-3)13-11-21/h4-15,17,25H,16H2,1-3H3,(H,26,27)/t17-/m1/s1. The molecule has 0 radical (unpaired) electrons. The van der Waals surface area contributed by atoms with E-state index in [1.807, 2.05) is 42.5 Å². The van der Waals surface area contributed by atoms with Crippen LogP contribution in [0.2, 0.25) is 0 Å². The Kier molecular flexibility index (Phi) is 6.45. The van der Waals surface area contributed by atoms with Crippen LogP contribution in [0, 0.1) is 0 Å². The number of hydrogen-bond acceptors (Lipinski definition) is 3. The van der Waals surface area contributed by atoms with Crippen LogP contribution in [-0.2, 0) is 11.3 Å². The predicted molar refractivity (Wildman–Crippen MR) is 114 cm³/mol. The minimum Gasteiger partial charge on any atom is -0.497 e. The van der Waals surface area contributed by atoms with E-state index in [-0.39, 0.29) is 11.9 Å². The maximum absolute atomic E-state index is 11.6. The molecule has 0 bridgehead atoms. The zero-order valence-corrected chi connectivity index (χ0v) is 16.5. The number of carbonyl (C=O) groups excluding carboxylic acids is 1. The molecule has 0 aliphatic carbocycles. The van der Waals surface area contributed by atoms with Gasteiger partial charge < -0.3 is 15.4 Å². The number of rotatable bonds is 7. The molecule has 0 saturated carbocycles. The van der Waals surface area contributed by atoms with Crippen molar-refractivity contribution < 1.29 is 9.53 Å². The Morgan fingerprint density at radius 3 is 2.36 bits per heavy atom. The van der Waals surface area contributed by atoms with Gasteiger partial charge in [-0.15, -0.1) is 0 Å². The molecule has 0 spiro atoms. The van der Waals surface area contributed by atoms with Crippen molar-refractivity contribution in [2.24, 2.45) is 0 Å². The molecule has 3 aromatic rings. The molecule has 4 nitrogen and oxygen atoms in total. The van der Waals surface area contributed by atoms with Crippen molar-refractivity contribution in [2.75, 3.05) is 12.4 Å². The van der Waals surface area contributed by atoms with Crippen LogP contribution in [0.5, 0.6) is 5.75 Å². The molecule has 0 saturated heterocycles. The summed E-state index contributed by atoms with van der Waals surface area (Å²) in [6.07, 6.45) is 0. The summed E-state index contributed by atoms with van der Waals surface area (Å²) >= 11 is 0. The van der Waals surface area contributed by atoms with Crippen LogP contribution in [0.15, 0.2) is 72.8 Å². The average molecular weight is 374 g/mol. The second-order valence-corrected chi connectivity index (χ2v) is 6.80. The molecule has 28 heavy (non-hydrogen) atoms. The third kappa shape index (κ3) is 4.99. The van der Waals surface area contributed by atoms with Crippen LogP contribution >= 0.6 is 0 Å². The van der Waals surface area contributed by atoms with Crippen LogP contribution in [0.4, 0.5) is 5.69 Å². The minimum absolute atomic E-state index is 0.0849. The van der Waals surface area contributed by atoms with Gasteiger partial charge in [-0.1, -0.05) is 48.5 Å². The van der Waals surface area contributed by atoms with Gasteiger partial charge in [-0.3, -0.25) is 4.79 Å². The Morgan fingerprint density at radius 1 is 1.00 bits per heavy atom. The fraction of sp³-hybridized carbons (Fsp3) is 0.208. The number of benzene rings is 3. The van der Waals surface area contributed by atoms with E-state index in [4.69, 9.17) is 4.74 Å². The number of methoxy groups -OCH3 is 1. The maximum Gasteiger partial charge on any atom is 0.221 e. The maximum atomic E-state index is 11.6. The van der Waals surface area contributed by atoms with E-state index in [1.165, 1.54) is 12.5 Å². The highest BCUT2D eigenvalue weighted by Crippen LogP contribution is 2.31. The molecule has 3 aromatic carbocycles. The van der Waals surface area contributed by atoms with Crippen molar-refractivity contribution >= 4 is 11.6 Å². The lowest BCUT2D eigenvalue weighted by molar-refractivity contribution is -0.114. The molecule has 0 aliphatic heterocycles. The van der Waals surface area contributed by atoms with E-state index >= 15 is 0 Å². The van der Waals surface area contributed by atoms with E-state index < -0.39 is 0 Å². The molecule has 1 atom stereocenters. The average Bonchev–Trinajstić information content (AvgIpc) is 2.73. The van der Waals surface area contributed by atoms with E-state index in [1.54, 1.807) is 7.11 Å². The molecule has 0 aliphatic rings. The molecule has 144 valence electrons. The summed E-state index contributed by atoms with van der Waals surface area (Å²) in [7, 11) is 1.65. The first-order valence-electron chi connectivity index (χ1n) is 9.40. The second-order valence-electron chi connectivity index (χ2n) is 6.80. The van der Waals surface area contributed by atoms with Gasteiger partial charge in [0.25, 0.3) is 0 Å². The summed E-state index contributed by atoms with van der Waals surface area (Å²) in [6.45, 7) is 4.42. The Labute approximate surface area is 166 Å². The minimum atomic E-state index is -0.0849. The number of hydrogen-bond donors (Lipinski definition) is 2. The van der Waals surface area contributed by atoms with Gasteiger partial charge in [-0.2, -0.15) is 0 Å². The van der Waals surface area contributed by atoms with Crippen molar-refractivity contribution in [1.82, 2.24) is 5.32 Å². The highest BCUT2D eigenvalue weighted by atomic mass is 16.5. The fourth-order valence-corrected chi connectivity index (χ4v) is 3.14. The fourth-order valence-electron chi connectivity index (χ4n) is 3.14. The number of nitrogens with one attached hydrogen (secondary N) is 2. The molecular weight excluding hydrogens is 348 g/mol. The van der Waals surface area contributed by atoms with Crippen molar-refractivity contribution in [3.63, 3.8) is 0 Å². The lowest BCUT2D eigenvalue weighted by Crippen LogP contribution is -2.18. The van der Waals surface area contributed by atoms with E-state index in [0.717, 1.165) is 34.7 Å². The van der Waals surface area contributed by atoms with Crippen LogP contribution in [-0.4, -0.2) is 13.0 Å². The van der Waals surface area contributed by atoms with Gasteiger partial charge >= 0.3 is 0 Å². The monoisotopic (exact) mass is 374 g/mol. The molecule has 3 rings (SSSR count). The number of amides is 1. The van der Waals surface area contributed by atoms with Crippen LogP contribution in [0.1, 0.15) is 31.0 Å². The van der Waals surface area contributed by atoms with Gasteiger partial charge in [0, 0.05) is 30.8 Å². The Hall–Kier alpha value is -3.11. The smallest absolute Gasteiger partial charge is 0.221 e. The SMILES string of the molecule is COc1ccc(-c2cc(CN[C@H](C)c3ccccc3)ccc2NC(C)=O)cc1. The lowest BCUT2D eigenvalue weighted by atomic mass is 10.00. The first-order valence-corrected chi connectivity index (χ1v) is 9.40. The zero-order valence-electron chi connectivity index (χ0n) is 16.5. The third-order valence-electron chi connectivity index (χ3n) is 4.71. The van der Waals surface area contributed by atoms with Crippen molar-refractivity contribution in [2.45, 2.75) is 26.4 Å². The highest BCUT2D eigenvalue weighted by Gasteiger charge is 2.10. The Morgan fingerprint density at radius 2 is 1.71 bits per heavy atom. The van der Waals surface area contributed by atoms with Crippen LogP contribution in [0.3, 0.4) is 0 Å². The van der Waals surface area contributed by atoms with Gasteiger partial charge in [0.15, 0.2) is 0 Å². The summed E-state index contributed by atoms with van der Waals surface area (Å²) < 4.78 is 5.25. The third-order valence-corrected chi connectivity index (χ3v) is 4.71. The molecular formula is C24H26N2O2. The largest absolute Gasteiger partial charge is 0.497 e. The molecule has 4 heteroatoms. The zero-order chi connectivity index (χ0) is 19.9. The summed E-state index contributed by atoms with van der Waals surface area (Å²) in [5, 5.41) is 6.49. The lowest BCUT2D eigenvalue weighted by Gasteiger charge is -2.16. The summed E-state index contributed by atoms with van der Waals surface area (Å²) in [5.74, 6) is 0.720. The molecule has 0 unspecified atom stereocenters. The number of carbonyl (C=O) groups is 1. The topological polar surface area (TPSA) is 50.4 Å². The van der Waals surface area contributed by atoms with Gasteiger partial charge in [0.05, 0.1) is 7.11 Å². The van der Waals surface area contributed by atoms with Gasteiger partial charge in [-0.05, 0) is 47.9 Å². The van der Waals surface area contributed by atoms with Gasteiger partial charge in [0.1, 0.15) is 5.75 Å². The summed E-state index contributed by atoms with van der Waals surface area (Å²) in [5.41, 5.74) is 5.24. The van der Waals surface area contributed by atoms with Crippen LogP contribution < -0.4 is 15.4 Å². The Balaban J connectivity index is 1.83. The molecule has 2 N–H and O–H groups in total. The van der Waals surface area contributed by atoms with Crippen LogP contribution in [0.25, 0.3) is 11.1 Å². The molecule has 1 amide bonds. The normalized spacial score (nSPS) is 11.7. The van der Waals surface area contributed by atoms with E-state index in [2.05, 4.69) is 47.9 Å².